The fraction of sp³-hybridized carbons (Fsp3) is 0.500. The Morgan fingerprint density at radius 1 is 1.53 bits per heavy atom. The molecule has 2 N–H and O–H groups in total. The van der Waals surface area contributed by atoms with Crippen molar-refractivity contribution in [1.29, 1.82) is 0 Å². The summed E-state index contributed by atoms with van der Waals surface area (Å²) < 4.78 is 18.6. The van der Waals surface area contributed by atoms with Crippen molar-refractivity contribution >= 4 is 0 Å². The van der Waals surface area contributed by atoms with Gasteiger partial charge in [0.1, 0.15) is 11.6 Å². The van der Waals surface area contributed by atoms with Crippen molar-refractivity contribution in [1.82, 2.24) is 0 Å². The Balaban J connectivity index is 2.12. The Morgan fingerprint density at radius 3 is 2.87 bits per heavy atom. The molecule has 1 aliphatic rings. The van der Waals surface area contributed by atoms with Gasteiger partial charge in [0.25, 0.3) is 0 Å². The van der Waals surface area contributed by atoms with E-state index in [1.165, 1.54) is 25.0 Å². The van der Waals surface area contributed by atoms with E-state index in [4.69, 9.17) is 10.5 Å². The molecule has 15 heavy (non-hydrogen) atoms. The van der Waals surface area contributed by atoms with Gasteiger partial charge in [-0.1, -0.05) is 0 Å². The van der Waals surface area contributed by atoms with E-state index in [0.717, 1.165) is 17.9 Å². The highest BCUT2D eigenvalue weighted by atomic mass is 19.1. The summed E-state index contributed by atoms with van der Waals surface area (Å²) in [5.74, 6) is 1.15. The van der Waals surface area contributed by atoms with Crippen LogP contribution in [0.15, 0.2) is 18.2 Å². The van der Waals surface area contributed by atoms with Crippen molar-refractivity contribution in [2.24, 2.45) is 11.7 Å². The highest BCUT2D eigenvalue weighted by Gasteiger charge is 2.22. The summed E-state index contributed by atoms with van der Waals surface area (Å²) in [5.41, 5.74) is 6.50. The Hall–Kier alpha value is -1.09. The molecular formula is C12H16FNO. The molecule has 1 aromatic rings. The average molecular weight is 209 g/mol. The maximum absolute atomic E-state index is 13.0. The average Bonchev–Trinajstić information content (AvgIpc) is 2.99. The summed E-state index contributed by atoms with van der Waals surface area (Å²) in [6.45, 7) is 2.56. The van der Waals surface area contributed by atoms with E-state index in [-0.39, 0.29) is 11.9 Å². The largest absolute Gasteiger partial charge is 0.493 e. The number of hydrogen-bond acceptors (Lipinski definition) is 2. The lowest BCUT2D eigenvalue weighted by Gasteiger charge is -2.13. The van der Waals surface area contributed by atoms with Gasteiger partial charge in [-0.15, -0.1) is 0 Å². The van der Waals surface area contributed by atoms with E-state index >= 15 is 0 Å². The van der Waals surface area contributed by atoms with Gasteiger partial charge in [-0.2, -0.15) is 0 Å². The van der Waals surface area contributed by atoms with E-state index in [0.29, 0.717) is 5.92 Å². The van der Waals surface area contributed by atoms with Gasteiger partial charge in [-0.25, -0.2) is 4.39 Å². The van der Waals surface area contributed by atoms with Crippen LogP contribution in [0.3, 0.4) is 0 Å². The van der Waals surface area contributed by atoms with Gasteiger partial charge in [0.2, 0.25) is 0 Å². The summed E-state index contributed by atoms with van der Waals surface area (Å²) in [5, 5.41) is 0. The van der Waals surface area contributed by atoms with E-state index in [1.807, 2.05) is 6.92 Å². The van der Waals surface area contributed by atoms with Crippen molar-refractivity contribution in [3.8, 4) is 5.75 Å². The van der Waals surface area contributed by atoms with Gasteiger partial charge in [0.05, 0.1) is 6.61 Å². The van der Waals surface area contributed by atoms with Gasteiger partial charge in [0.15, 0.2) is 0 Å². The van der Waals surface area contributed by atoms with Crippen LogP contribution in [0.2, 0.25) is 0 Å². The highest BCUT2D eigenvalue weighted by molar-refractivity contribution is 5.36. The molecule has 82 valence electrons. The Kier molecular flexibility index (Phi) is 2.91. The summed E-state index contributed by atoms with van der Waals surface area (Å²) in [4.78, 5) is 0. The molecule has 1 atom stereocenters. The lowest BCUT2D eigenvalue weighted by molar-refractivity contribution is 0.295. The molecule has 1 aromatic carbocycles. The SMILES string of the molecule is C[C@H](N)c1cc(F)ccc1OCC1CC1. The van der Waals surface area contributed by atoms with Crippen molar-refractivity contribution in [2.75, 3.05) is 6.61 Å². The Labute approximate surface area is 89.2 Å². The molecule has 1 aliphatic carbocycles. The van der Waals surface area contributed by atoms with Gasteiger partial charge in [-0.05, 0) is 43.9 Å². The van der Waals surface area contributed by atoms with Crippen LogP contribution in [-0.4, -0.2) is 6.61 Å². The lowest BCUT2D eigenvalue weighted by Crippen LogP contribution is -2.09. The minimum atomic E-state index is -0.263. The number of nitrogens with two attached hydrogens (primary N) is 1. The predicted molar refractivity (Wildman–Crippen MR) is 57.2 cm³/mol. The van der Waals surface area contributed by atoms with Crippen LogP contribution in [0.1, 0.15) is 31.4 Å². The van der Waals surface area contributed by atoms with Crippen LogP contribution in [0.5, 0.6) is 5.75 Å². The van der Waals surface area contributed by atoms with Crippen LogP contribution in [0.25, 0.3) is 0 Å². The molecule has 1 saturated carbocycles. The first-order chi connectivity index (χ1) is 7.16. The third-order valence-electron chi connectivity index (χ3n) is 2.63. The molecule has 0 unspecified atom stereocenters. The molecule has 0 bridgehead atoms. The zero-order valence-corrected chi connectivity index (χ0v) is 8.87. The number of rotatable bonds is 4. The van der Waals surface area contributed by atoms with Crippen LogP contribution in [-0.2, 0) is 0 Å². The molecule has 0 spiro atoms. The van der Waals surface area contributed by atoms with Crippen molar-refractivity contribution in [3.05, 3.63) is 29.6 Å². The fourth-order valence-electron chi connectivity index (χ4n) is 1.50. The van der Waals surface area contributed by atoms with Crippen LogP contribution < -0.4 is 10.5 Å². The summed E-state index contributed by atoms with van der Waals surface area (Å²) in [6.07, 6.45) is 2.49. The number of halogens is 1. The first-order valence-corrected chi connectivity index (χ1v) is 5.34. The standard InChI is InChI=1S/C12H16FNO/c1-8(14)11-6-10(13)4-5-12(11)15-7-9-2-3-9/h4-6,8-9H,2-3,7,14H2,1H3/t8-/m0/s1. The maximum atomic E-state index is 13.0. The molecule has 0 aliphatic heterocycles. The third kappa shape index (κ3) is 2.69. The van der Waals surface area contributed by atoms with Gasteiger partial charge in [0, 0.05) is 11.6 Å². The van der Waals surface area contributed by atoms with E-state index in [9.17, 15) is 4.39 Å². The number of benzene rings is 1. The smallest absolute Gasteiger partial charge is 0.124 e. The zero-order valence-electron chi connectivity index (χ0n) is 8.87. The topological polar surface area (TPSA) is 35.2 Å². The van der Waals surface area contributed by atoms with Gasteiger partial charge < -0.3 is 10.5 Å². The fourth-order valence-corrected chi connectivity index (χ4v) is 1.50. The van der Waals surface area contributed by atoms with E-state index in [1.54, 1.807) is 6.07 Å². The van der Waals surface area contributed by atoms with Crippen LogP contribution >= 0.6 is 0 Å². The monoisotopic (exact) mass is 209 g/mol. The second-order valence-electron chi connectivity index (χ2n) is 4.23. The minimum Gasteiger partial charge on any atom is -0.493 e. The molecule has 3 heteroatoms. The molecule has 0 amide bonds. The summed E-state index contributed by atoms with van der Waals surface area (Å²) >= 11 is 0. The molecule has 0 heterocycles. The molecule has 0 radical (unpaired) electrons. The summed E-state index contributed by atoms with van der Waals surface area (Å²) in [6, 6.07) is 4.33. The quantitative estimate of drug-likeness (QED) is 0.827. The third-order valence-corrected chi connectivity index (χ3v) is 2.63. The van der Waals surface area contributed by atoms with Crippen molar-refractivity contribution < 1.29 is 9.13 Å². The predicted octanol–water partition coefficient (Wildman–Crippen LogP) is 2.63. The number of hydrogen-bond donors (Lipinski definition) is 1. The van der Waals surface area contributed by atoms with E-state index < -0.39 is 0 Å². The van der Waals surface area contributed by atoms with Gasteiger partial charge in [-0.3, -0.25) is 0 Å². The normalized spacial score (nSPS) is 17.5. The molecular weight excluding hydrogens is 193 g/mol. The molecule has 0 saturated heterocycles. The molecule has 1 fully saturated rings. The van der Waals surface area contributed by atoms with E-state index in [2.05, 4.69) is 0 Å². The Morgan fingerprint density at radius 2 is 2.27 bits per heavy atom. The number of ether oxygens (including phenoxy) is 1. The van der Waals surface area contributed by atoms with Crippen molar-refractivity contribution in [2.45, 2.75) is 25.8 Å². The van der Waals surface area contributed by atoms with Crippen LogP contribution in [0.4, 0.5) is 4.39 Å². The summed E-state index contributed by atoms with van der Waals surface area (Å²) in [7, 11) is 0. The zero-order chi connectivity index (χ0) is 10.8. The second-order valence-corrected chi connectivity index (χ2v) is 4.23. The van der Waals surface area contributed by atoms with Crippen LogP contribution in [0, 0.1) is 11.7 Å². The Bertz CT molecular complexity index is 347. The molecule has 0 aromatic heterocycles. The first-order valence-electron chi connectivity index (χ1n) is 5.34. The lowest BCUT2D eigenvalue weighted by atomic mass is 10.1. The van der Waals surface area contributed by atoms with Gasteiger partial charge >= 0.3 is 0 Å². The maximum Gasteiger partial charge on any atom is 0.124 e. The highest BCUT2D eigenvalue weighted by Crippen LogP contribution is 2.31. The first kappa shape index (κ1) is 10.4. The second kappa shape index (κ2) is 4.19. The minimum absolute atomic E-state index is 0.199. The molecule has 2 nitrogen and oxygen atoms in total. The van der Waals surface area contributed by atoms with Crippen molar-refractivity contribution in [3.63, 3.8) is 0 Å². The molecule has 2 rings (SSSR count).